The van der Waals surface area contributed by atoms with E-state index in [0.29, 0.717) is 27.9 Å². The number of hydrogen-bond donors (Lipinski definition) is 2. The van der Waals surface area contributed by atoms with Gasteiger partial charge in [0.25, 0.3) is 0 Å². The zero-order chi connectivity index (χ0) is 26.7. The third kappa shape index (κ3) is 5.87. The highest BCUT2D eigenvalue weighted by atomic mass is 35.5. The largest absolute Gasteiger partial charge is 0.490 e. The number of halogens is 2. The molecule has 2 N–H and O–H groups in total. The Balaban J connectivity index is 1.27. The molecule has 0 atom stereocenters. The van der Waals surface area contributed by atoms with E-state index < -0.39 is 10.0 Å². The van der Waals surface area contributed by atoms with E-state index in [1.165, 1.54) is 0 Å². The second-order valence-corrected chi connectivity index (χ2v) is 11.4. The molecule has 0 bridgehead atoms. The molecule has 194 valence electrons. The molecule has 0 aliphatic heterocycles. The van der Waals surface area contributed by atoms with Gasteiger partial charge in [0.1, 0.15) is 17.9 Å². The van der Waals surface area contributed by atoms with Crippen LogP contribution in [-0.4, -0.2) is 26.6 Å². The lowest BCUT2D eigenvalue weighted by molar-refractivity contribution is 0.326. The molecule has 0 amide bonds. The molecule has 0 unspecified atom stereocenters. The maximum absolute atomic E-state index is 12.8. The van der Waals surface area contributed by atoms with Crippen LogP contribution in [0.3, 0.4) is 0 Å². The molecule has 9 heteroatoms. The normalized spacial score (nSPS) is 11.7. The van der Waals surface area contributed by atoms with Crippen molar-refractivity contribution in [2.75, 3.05) is 18.5 Å². The fourth-order valence-corrected chi connectivity index (χ4v) is 5.58. The van der Waals surface area contributed by atoms with Crippen LogP contribution in [0.2, 0.25) is 10.0 Å². The lowest BCUT2D eigenvalue weighted by Gasteiger charge is -2.14. The number of rotatable bonds is 9. The van der Waals surface area contributed by atoms with E-state index in [0.717, 1.165) is 33.1 Å². The van der Waals surface area contributed by atoms with Crippen molar-refractivity contribution < 1.29 is 13.2 Å². The summed E-state index contributed by atoms with van der Waals surface area (Å²) in [5.41, 5.74) is 3.41. The maximum atomic E-state index is 12.8. The van der Waals surface area contributed by atoms with Gasteiger partial charge in [-0.15, -0.1) is 0 Å². The van der Waals surface area contributed by atoms with Crippen LogP contribution in [0.1, 0.15) is 11.3 Å². The molecule has 4 aromatic carbocycles. The summed E-state index contributed by atoms with van der Waals surface area (Å²) in [6, 6.07) is 25.9. The summed E-state index contributed by atoms with van der Waals surface area (Å²) < 4.78 is 34.2. The molecule has 1 aromatic heterocycles. The maximum Gasteiger partial charge on any atom is 0.240 e. The second kappa shape index (κ2) is 11.2. The number of fused-ring (bicyclic) bond motifs is 2. The fourth-order valence-electron chi connectivity index (χ4n) is 4.21. The van der Waals surface area contributed by atoms with Gasteiger partial charge in [-0.1, -0.05) is 71.7 Å². The van der Waals surface area contributed by atoms with E-state index in [1.54, 1.807) is 24.3 Å². The minimum Gasteiger partial charge on any atom is -0.490 e. The molecule has 0 saturated heterocycles. The average Bonchev–Trinajstić information content (AvgIpc) is 2.91. The summed E-state index contributed by atoms with van der Waals surface area (Å²) >= 11 is 12.2. The predicted molar refractivity (Wildman–Crippen MR) is 155 cm³/mol. The molecule has 0 fully saturated rings. The number of nitrogens with one attached hydrogen (secondary N) is 2. The number of aromatic nitrogens is 1. The van der Waals surface area contributed by atoms with Crippen LogP contribution in [0.15, 0.2) is 89.8 Å². The zero-order valence-electron chi connectivity index (χ0n) is 20.5. The third-order valence-electron chi connectivity index (χ3n) is 6.08. The monoisotopic (exact) mass is 565 g/mol. The van der Waals surface area contributed by atoms with E-state index in [2.05, 4.69) is 15.0 Å². The van der Waals surface area contributed by atoms with Gasteiger partial charge in [0.15, 0.2) is 0 Å². The fraction of sp³-hybridized carbons (Fsp3) is 0.138. The Kier molecular flexibility index (Phi) is 7.72. The van der Waals surface area contributed by atoms with Gasteiger partial charge in [-0.25, -0.2) is 18.1 Å². The molecule has 0 radical (unpaired) electrons. The standard InChI is InChI=1S/C29H25Cl2N3O3S/c1-19-15-27(32-18-20-9-12-25(30)26(31)16-20)24-7-4-8-28(29(24)34-19)37-14-13-33-38(35,36)23-11-10-21-5-2-3-6-22(21)17-23/h2-12,15-17,33H,13-14,18H2,1H3,(H,32,34). The Hall–Kier alpha value is -3.36. The van der Waals surface area contributed by atoms with Crippen LogP contribution in [-0.2, 0) is 16.6 Å². The Morgan fingerprint density at radius 1 is 0.868 bits per heavy atom. The Morgan fingerprint density at radius 2 is 1.68 bits per heavy atom. The van der Waals surface area contributed by atoms with E-state index >= 15 is 0 Å². The number of anilines is 1. The number of pyridine rings is 1. The first-order valence-electron chi connectivity index (χ1n) is 12.0. The van der Waals surface area contributed by atoms with Crippen molar-refractivity contribution in [2.24, 2.45) is 0 Å². The van der Waals surface area contributed by atoms with Crippen LogP contribution in [0, 0.1) is 6.92 Å². The molecule has 0 spiro atoms. The van der Waals surface area contributed by atoms with Gasteiger partial charge in [0.2, 0.25) is 10.0 Å². The first kappa shape index (κ1) is 26.3. The van der Waals surface area contributed by atoms with Crippen molar-refractivity contribution >= 4 is 60.6 Å². The summed E-state index contributed by atoms with van der Waals surface area (Å²) in [4.78, 5) is 4.90. The summed E-state index contributed by atoms with van der Waals surface area (Å²) in [6.07, 6.45) is 0. The predicted octanol–water partition coefficient (Wildman–Crippen LogP) is 6.97. The van der Waals surface area contributed by atoms with Gasteiger partial charge in [-0.3, -0.25) is 0 Å². The van der Waals surface area contributed by atoms with Gasteiger partial charge in [0, 0.05) is 29.9 Å². The average molecular weight is 567 g/mol. The molecule has 6 nitrogen and oxygen atoms in total. The number of ether oxygens (including phenoxy) is 1. The minimum absolute atomic E-state index is 0.111. The van der Waals surface area contributed by atoms with Gasteiger partial charge in [0.05, 0.1) is 14.9 Å². The summed E-state index contributed by atoms with van der Waals surface area (Å²) in [7, 11) is -3.67. The Bertz CT molecular complexity index is 1740. The van der Waals surface area contributed by atoms with Gasteiger partial charge >= 0.3 is 0 Å². The van der Waals surface area contributed by atoms with Crippen LogP contribution >= 0.6 is 23.2 Å². The van der Waals surface area contributed by atoms with Crippen molar-refractivity contribution in [3.8, 4) is 5.75 Å². The Morgan fingerprint density at radius 3 is 2.50 bits per heavy atom. The first-order chi connectivity index (χ1) is 18.3. The SMILES string of the molecule is Cc1cc(NCc2ccc(Cl)c(Cl)c2)c2cccc(OCCNS(=O)(=O)c3ccc4ccccc4c3)c2n1. The lowest BCUT2D eigenvalue weighted by Crippen LogP contribution is -2.28. The van der Waals surface area contributed by atoms with Crippen LogP contribution in [0.25, 0.3) is 21.7 Å². The molecule has 0 saturated carbocycles. The first-order valence-corrected chi connectivity index (χ1v) is 14.2. The third-order valence-corrected chi connectivity index (χ3v) is 8.28. The lowest BCUT2D eigenvalue weighted by atomic mass is 10.1. The number of sulfonamides is 1. The molecule has 1 heterocycles. The minimum atomic E-state index is -3.67. The van der Waals surface area contributed by atoms with Crippen molar-refractivity contribution in [1.29, 1.82) is 0 Å². The summed E-state index contributed by atoms with van der Waals surface area (Å²) in [5.74, 6) is 0.577. The molecular formula is C29H25Cl2N3O3S. The van der Waals surface area contributed by atoms with Crippen molar-refractivity contribution in [2.45, 2.75) is 18.4 Å². The number of para-hydroxylation sites is 1. The number of hydrogen-bond acceptors (Lipinski definition) is 5. The highest BCUT2D eigenvalue weighted by Crippen LogP contribution is 2.31. The zero-order valence-corrected chi connectivity index (χ0v) is 22.9. The van der Waals surface area contributed by atoms with Crippen LogP contribution in [0.4, 0.5) is 5.69 Å². The quantitative estimate of drug-likeness (QED) is 0.188. The second-order valence-electron chi connectivity index (χ2n) is 8.82. The summed E-state index contributed by atoms with van der Waals surface area (Å²) in [6.45, 7) is 2.72. The highest BCUT2D eigenvalue weighted by molar-refractivity contribution is 7.89. The Labute approximate surface area is 231 Å². The molecular weight excluding hydrogens is 541 g/mol. The van der Waals surface area contributed by atoms with Gasteiger partial charge in [-0.2, -0.15) is 0 Å². The van der Waals surface area contributed by atoms with Crippen LogP contribution < -0.4 is 14.8 Å². The van der Waals surface area contributed by atoms with Crippen molar-refractivity contribution in [3.05, 3.63) is 106 Å². The number of nitrogens with zero attached hydrogens (tertiary/aromatic N) is 1. The number of aryl methyl sites for hydroxylation is 1. The van der Waals surface area contributed by atoms with E-state index in [-0.39, 0.29) is 18.0 Å². The molecule has 38 heavy (non-hydrogen) atoms. The molecule has 5 aromatic rings. The van der Waals surface area contributed by atoms with Crippen molar-refractivity contribution in [1.82, 2.24) is 9.71 Å². The molecule has 0 aliphatic rings. The smallest absolute Gasteiger partial charge is 0.240 e. The van der Waals surface area contributed by atoms with E-state index in [1.807, 2.05) is 67.6 Å². The molecule has 0 aliphatic carbocycles. The summed E-state index contributed by atoms with van der Waals surface area (Å²) in [5, 5.41) is 7.22. The van der Waals surface area contributed by atoms with E-state index in [4.69, 9.17) is 27.9 Å². The highest BCUT2D eigenvalue weighted by Gasteiger charge is 2.15. The molecule has 5 rings (SSSR count). The van der Waals surface area contributed by atoms with Crippen LogP contribution in [0.5, 0.6) is 5.75 Å². The number of benzene rings is 4. The van der Waals surface area contributed by atoms with Gasteiger partial charge in [-0.05, 0) is 59.7 Å². The van der Waals surface area contributed by atoms with Gasteiger partial charge < -0.3 is 10.1 Å². The van der Waals surface area contributed by atoms with Crippen molar-refractivity contribution in [3.63, 3.8) is 0 Å². The topological polar surface area (TPSA) is 80.3 Å². The van der Waals surface area contributed by atoms with E-state index in [9.17, 15) is 8.42 Å².